The number of furan rings is 1. The molecule has 1 aromatic carbocycles. The van der Waals surface area contributed by atoms with Crippen LogP contribution < -0.4 is 10.6 Å². The van der Waals surface area contributed by atoms with Crippen molar-refractivity contribution in [1.29, 1.82) is 0 Å². The van der Waals surface area contributed by atoms with Crippen LogP contribution in [0.1, 0.15) is 56.7 Å². The Kier molecular flexibility index (Phi) is 6.66. The second-order valence-corrected chi connectivity index (χ2v) is 8.10. The van der Waals surface area contributed by atoms with Crippen molar-refractivity contribution in [3.63, 3.8) is 0 Å². The van der Waals surface area contributed by atoms with E-state index in [9.17, 15) is 9.59 Å². The van der Waals surface area contributed by atoms with Gasteiger partial charge in [0.25, 0.3) is 11.8 Å². The minimum absolute atomic E-state index is 0.0187. The Labute approximate surface area is 187 Å². The number of rotatable bonds is 7. The van der Waals surface area contributed by atoms with Gasteiger partial charge in [-0.25, -0.2) is 0 Å². The molecule has 0 bridgehead atoms. The van der Waals surface area contributed by atoms with Crippen LogP contribution in [0.4, 0.5) is 5.69 Å². The van der Waals surface area contributed by atoms with E-state index in [1.54, 1.807) is 30.6 Å². The van der Waals surface area contributed by atoms with Gasteiger partial charge in [-0.15, -0.1) is 0 Å². The molecule has 2 amide bonds. The summed E-state index contributed by atoms with van der Waals surface area (Å²) in [6, 6.07) is 12.6. The Bertz CT molecular complexity index is 1090. The zero-order chi connectivity index (χ0) is 22.5. The predicted molar refractivity (Wildman–Crippen MR) is 123 cm³/mol. The summed E-state index contributed by atoms with van der Waals surface area (Å²) >= 11 is 0. The van der Waals surface area contributed by atoms with Crippen molar-refractivity contribution in [3.8, 4) is 0 Å². The molecule has 1 fully saturated rings. The van der Waals surface area contributed by atoms with Crippen LogP contribution in [-0.2, 0) is 0 Å². The topological polar surface area (TPSA) is 87.5 Å². The number of amides is 2. The fourth-order valence-corrected chi connectivity index (χ4v) is 4.09. The molecule has 1 aliphatic heterocycles. The van der Waals surface area contributed by atoms with Crippen molar-refractivity contribution >= 4 is 17.5 Å². The lowest BCUT2D eigenvalue weighted by molar-refractivity contribution is 0.0934. The number of para-hydroxylation sites is 1. The fraction of sp³-hybridized carbons (Fsp3) is 0.320. The number of likely N-dealkylation sites (tertiary alicyclic amines) is 1. The van der Waals surface area contributed by atoms with Crippen molar-refractivity contribution in [3.05, 3.63) is 83.1 Å². The van der Waals surface area contributed by atoms with Gasteiger partial charge in [-0.3, -0.25) is 19.5 Å². The molecule has 3 aromatic rings. The standard InChI is InChI=1S/C25H28N4O3/c1-17-6-5-7-20(23(17)28-24(30)19-10-12-26-13-11-19)25(31)27-16-21(29-14-3-4-15-29)22-9-8-18(2)32-22/h5-13,21H,3-4,14-16H2,1-2H3,(H,27,31)(H,28,30). The molecular weight excluding hydrogens is 404 g/mol. The van der Waals surface area contributed by atoms with Crippen LogP contribution in [0, 0.1) is 13.8 Å². The SMILES string of the molecule is Cc1ccc(C(CNC(=O)c2cccc(C)c2NC(=O)c2ccncc2)N2CCCC2)o1. The smallest absolute Gasteiger partial charge is 0.255 e. The van der Waals surface area contributed by atoms with E-state index in [0.29, 0.717) is 23.4 Å². The minimum Gasteiger partial charge on any atom is -0.465 e. The van der Waals surface area contributed by atoms with Crippen molar-refractivity contribution in [2.75, 3.05) is 25.0 Å². The Morgan fingerprint density at radius 2 is 1.78 bits per heavy atom. The van der Waals surface area contributed by atoms with Crippen molar-refractivity contribution in [1.82, 2.24) is 15.2 Å². The average Bonchev–Trinajstić information content (AvgIpc) is 3.48. The number of benzene rings is 1. The number of aromatic nitrogens is 1. The number of anilines is 1. The maximum absolute atomic E-state index is 13.2. The largest absolute Gasteiger partial charge is 0.465 e. The molecule has 166 valence electrons. The highest BCUT2D eigenvalue weighted by Crippen LogP contribution is 2.27. The van der Waals surface area contributed by atoms with E-state index < -0.39 is 0 Å². The first-order valence-electron chi connectivity index (χ1n) is 10.9. The van der Waals surface area contributed by atoms with E-state index in [-0.39, 0.29) is 17.9 Å². The van der Waals surface area contributed by atoms with Crippen LogP contribution in [-0.4, -0.2) is 41.3 Å². The first-order valence-corrected chi connectivity index (χ1v) is 10.9. The lowest BCUT2D eigenvalue weighted by Crippen LogP contribution is -2.37. The van der Waals surface area contributed by atoms with Gasteiger partial charge < -0.3 is 15.1 Å². The van der Waals surface area contributed by atoms with E-state index in [1.165, 1.54) is 0 Å². The first kappa shape index (κ1) is 21.8. The first-order chi connectivity index (χ1) is 15.5. The van der Waals surface area contributed by atoms with Crippen molar-refractivity contribution < 1.29 is 14.0 Å². The maximum Gasteiger partial charge on any atom is 0.255 e. The Morgan fingerprint density at radius 3 is 2.47 bits per heavy atom. The van der Waals surface area contributed by atoms with Crippen molar-refractivity contribution in [2.24, 2.45) is 0 Å². The summed E-state index contributed by atoms with van der Waals surface area (Å²) in [6.07, 6.45) is 5.42. The molecule has 1 unspecified atom stereocenters. The molecule has 0 aliphatic carbocycles. The zero-order valence-electron chi connectivity index (χ0n) is 18.4. The third kappa shape index (κ3) is 4.89. The molecule has 7 heteroatoms. The molecule has 3 heterocycles. The quantitative estimate of drug-likeness (QED) is 0.587. The number of nitrogens with one attached hydrogen (secondary N) is 2. The number of carbonyl (C=O) groups is 2. The van der Waals surface area contributed by atoms with Gasteiger partial charge in [0.1, 0.15) is 11.5 Å². The number of nitrogens with zero attached hydrogens (tertiary/aromatic N) is 2. The third-order valence-electron chi connectivity index (χ3n) is 5.83. The van der Waals surface area contributed by atoms with Gasteiger partial charge in [-0.1, -0.05) is 12.1 Å². The van der Waals surface area contributed by atoms with Crippen LogP contribution in [0.3, 0.4) is 0 Å². The molecular formula is C25H28N4O3. The van der Waals surface area contributed by atoms with Crippen LogP contribution in [0.5, 0.6) is 0 Å². The van der Waals surface area contributed by atoms with Gasteiger partial charge in [0.05, 0.1) is 17.3 Å². The highest BCUT2D eigenvalue weighted by Gasteiger charge is 2.27. The monoisotopic (exact) mass is 432 g/mol. The fourth-order valence-electron chi connectivity index (χ4n) is 4.09. The lowest BCUT2D eigenvalue weighted by atomic mass is 10.1. The third-order valence-corrected chi connectivity index (χ3v) is 5.83. The highest BCUT2D eigenvalue weighted by molar-refractivity contribution is 6.09. The molecule has 0 radical (unpaired) electrons. The van der Waals surface area contributed by atoms with E-state index >= 15 is 0 Å². The Balaban J connectivity index is 1.51. The molecule has 1 aliphatic rings. The number of pyridine rings is 1. The number of aryl methyl sites for hydroxylation is 2. The van der Waals surface area contributed by atoms with Crippen LogP contribution in [0.2, 0.25) is 0 Å². The summed E-state index contributed by atoms with van der Waals surface area (Å²) in [7, 11) is 0. The second kappa shape index (κ2) is 9.78. The lowest BCUT2D eigenvalue weighted by Gasteiger charge is -2.26. The van der Waals surface area contributed by atoms with E-state index in [0.717, 1.165) is 43.0 Å². The Hall–Kier alpha value is -3.45. The molecule has 7 nitrogen and oxygen atoms in total. The molecule has 1 saturated heterocycles. The summed E-state index contributed by atoms with van der Waals surface area (Å²) < 4.78 is 5.89. The van der Waals surface area contributed by atoms with Crippen molar-refractivity contribution in [2.45, 2.75) is 32.7 Å². The molecule has 1 atom stereocenters. The van der Waals surface area contributed by atoms with Crippen LogP contribution >= 0.6 is 0 Å². The number of hydrogen-bond acceptors (Lipinski definition) is 5. The summed E-state index contributed by atoms with van der Waals surface area (Å²) in [5.74, 6) is 1.21. The summed E-state index contributed by atoms with van der Waals surface area (Å²) in [5.41, 5.74) is 2.25. The second-order valence-electron chi connectivity index (χ2n) is 8.10. The molecule has 2 aromatic heterocycles. The van der Waals surface area contributed by atoms with Crippen LogP contribution in [0.25, 0.3) is 0 Å². The molecule has 2 N–H and O–H groups in total. The Morgan fingerprint density at radius 1 is 1.03 bits per heavy atom. The molecule has 32 heavy (non-hydrogen) atoms. The van der Waals surface area contributed by atoms with E-state index in [4.69, 9.17) is 4.42 Å². The van der Waals surface area contributed by atoms with E-state index in [2.05, 4.69) is 20.5 Å². The van der Waals surface area contributed by atoms with E-state index in [1.807, 2.05) is 38.1 Å². The van der Waals surface area contributed by atoms with Gasteiger partial charge in [-0.2, -0.15) is 0 Å². The summed E-state index contributed by atoms with van der Waals surface area (Å²) in [6.45, 7) is 6.19. The average molecular weight is 433 g/mol. The maximum atomic E-state index is 13.2. The molecule has 0 saturated carbocycles. The minimum atomic E-state index is -0.281. The normalized spacial score (nSPS) is 14.8. The zero-order valence-corrected chi connectivity index (χ0v) is 18.4. The number of carbonyl (C=O) groups excluding carboxylic acids is 2. The summed E-state index contributed by atoms with van der Waals surface area (Å²) in [5, 5.41) is 5.96. The van der Waals surface area contributed by atoms with Crippen LogP contribution in [0.15, 0.2) is 59.3 Å². The van der Waals surface area contributed by atoms with Gasteiger partial charge in [0.2, 0.25) is 0 Å². The number of hydrogen-bond donors (Lipinski definition) is 2. The van der Waals surface area contributed by atoms with Gasteiger partial charge in [0, 0.05) is 24.5 Å². The molecule has 0 spiro atoms. The van der Waals surface area contributed by atoms with Gasteiger partial charge in [0.15, 0.2) is 0 Å². The summed E-state index contributed by atoms with van der Waals surface area (Å²) in [4.78, 5) is 32.1. The van der Waals surface area contributed by atoms with Gasteiger partial charge in [-0.05, 0) is 75.7 Å². The predicted octanol–water partition coefficient (Wildman–Crippen LogP) is 4.11. The highest BCUT2D eigenvalue weighted by atomic mass is 16.3. The molecule has 4 rings (SSSR count). The van der Waals surface area contributed by atoms with Gasteiger partial charge >= 0.3 is 0 Å².